The lowest BCUT2D eigenvalue weighted by Crippen LogP contribution is -2.36. The molecule has 1 saturated heterocycles. The standard InChI is InChI=1S/C22H28N2O4/c1-4-27-20-15-19(24-9-11-26-12-10-24)21(28-5-2)14-18(20)23-22(25)17-8-6-7-16(3)13-17/h6-8,13-15H,4-5,9-12H2,1-3H3,(H,23,25). The van der Waals surface area contributed by atoms with Crippen molar-refractivity contribution in [2.45, 2.75) is 20.8 Å². The molecule has 1 aliphatic rings. The van der Waals surface area contributed by atoms with E-state index in [9.17, 15) is 4.79 Å². The van der Waals surface area contributed by atoms with Gasteiger partial charge in [0.15, 0.2) is 0 Å². The van der Waals surface area contributed by atoms with Crippen molar-refractivity contribution in [1.82, 2.24) is 0 Å². The van der Waals surface area contributed by atoms with Crippen molar-refractivity contribution in [3.8, 4) is 11.5 Å². The normalized spacial score (nSPS) is 13.9. The van der Waals surface area contributed by atoms with Gasteiger partial charge in [-0.05, 0) is 32.9 Å². The van der Waals surface area contributed by atoms with Gasteiger partial charge in [-0.1, -0.05) is 17.7 Å². The molecule has 0 spiro atoms. The molecule has 6 nitrogen and oxygen atoms in total. The fourth-order valence-corrected chi connectivity index (χ4v) is 3.23. The molecule has 0 atom stereocenters. The summed E-state index contributed by atoms with van der Waals surface area (Å²) >= 11 is 0. The summed E-state index contributed by atoms with van der Waals surface area (Å²) in [4.78, 5) is 15.0. The van der Waals surface area contributed by atoms with Gasteiger partial charge < -0.3 is 24.4 Å². The van der Waals surface area contributed by atoms with Crippen molar-refractivity contribution >= 4 is 17.3 Å². The fourth-order valence-electron chi connectivity index (χ4n) is 3.23. The van der Waals surface area contributed by atoms with Crippen LogP contribution in [0.5, 0.6) is 11.5 Å². The summed E-state index contributed by atoms with van der Waals surface area (Å²) in [5, 5.41) is 2.98. The second kappa shape index (κ2) is 9.46. The first-order chi connectivity index (χ1) is 13.6. The number of morpholine rings is 1. The molecule has 6 heteroatoms. The Hall–Kier alpha value is -2.73. The second-order valence-electron chi connectivity index (χ2n) is 6.61. The van der Waals surface area contributed by atoms with E-state index in [1.54, 1.807) is 6.07 Å². The highest BCUT2D eigenvalue weighted by atomic mass is 16.5. The first-order valence-electron chi connectivity index (χ1n) is 9.76. The van der Waals surface area contributed by atoms with Crippen LogP contribution in [0.15, 0.2) is 36.4 Å². The number of aryl methyl sites for hydroxylation is 1. The number of ether oxygens (including phenoxy) is 3. The van der Waals surface area contributed by atoms with Crippen molar-refractivity contribution in [1.29, 1.82) is 0 Å². The molecule has 1 heterocycles. The Balaban J connectivity index is 1.94. The lowest BCUT2D eigenvalue weighted by atomic mass is 10.1. The van der Waals surface area contributed by atoms with Crippen LogP contribution in [0.25, 0.3) is 0 Å². The van der Waals surface area contributed by atoms with Gasteiger partial charge in [0.2, 0.25) is 0 Å². The maximum absolute atomic E-state index is 12.7. The van der Waals surface area contributed by atoms with E-state index in [4.69, 9.17) is 14.2 Å². The Morgan fingerprint density at radius 3 is 2.46 bits per heavy atom. The van der Waals surface area contributed by atoms with E-state index < -0.39 is 0 Å². The summed E-state index contributed by atoms with van der Waals surface area (Å²) in [7, 11) is 0. The first kappa shape index (κ1) is 20.0. The average molecular weight is 384 g/mol. The Labute approximate surface area is 166 Å². The predicted molar refractivity (Wildman–Crippen MR) is 111 cm³/mol. The van der Waals surface area contributed by atoms with Crippen molar-refractivity contribution in [2.24, 2.45) is 0 Å². The smallest absolute Gasteiger partial charge is 0.255 e. The average Bonchev–Trinajstić information content (AvgIpc) is 2.70. The van der Waals surface area contributed by atoms with Crippen LogP contribution in [0.4, 0.5) is 11.4 Å². The van der Waals surface area contributed by atoms with E-state index in [0.717, 1.165) is 30.1 Å². The molecule has 0 unspecified atom stereocenters. The van der Waals surface area contributed by atoms with E-state index in [-0.39, 0.29) is 5.91 Å². The van der Waals surface area contributed by atoms with E-state index >= 15 is 0 Å². The minimum atomic E-state index is -0.175. The van der Waals surface area contributed by atoms with Crippen LogP contribution < -0.4 is 19.7 Å². The molecular formula is C22H28N2O4. The van der Waals surface area contributed by atoms with Crippen molar-refractivity contribution in [3.63, 3.8) is 0 Å². The van der Waals surface area contributed by atoms with E-state index in [0.29, 0.717) is 43.4 Å². The number of nitrogens with one attached hydrogen (secondary N) is 1. The Bertz CT molecular complexity index is 816. The molecule has 1 amide bonds. The molecular weight excluding hydrogens is 356 g/mol. The molecule has 0 radical (unpaired) electrons. The van der Waals surface area contributed by atoms with Gasteiger partial charge in [0.05, 0.1) is 37.8 Å². The third-order valence-corrected chi connectivity index (χ3v) is 4.54. The van der Waals surface area contributed by atoms with Crippen LogP contribution in [0.1, 0.15) is 29.8 Å². The largest absolute Gasteiger partial charge is 0.492 e. The summed E-state index contributed by atoms with van der Waals surface area (Å²) < 4.78 is 17.2. The quantitative estimate of drug-likeness (QED) is 0.785. The Kier molecular flexibility index (Phi) is 6.76. The number of hydrogen-bond donors (Lipinski definition) is 1. The molecule has 0 saturated carbocycles. The molecule has 2 aromatic carbocycles. The number of carbonyl (C=O) groups is 1. The van der Waals surface area contributed by atoms with Crippen LogP contribution in [0.2, 0.25) is 0 Å². The number of rotatable bonds is 7. The lowest BCUT2D eigenvalue weighted by Gasteiger charge is -2.31. The summed E-state index contributed by atoms with van der Waals surface area (Å²) in [5.74, 6) is 1.19. The fraction of sp³-hybridized carbons (Fsp3) is 0.409. The molecule has 1 fully saturated rings. The highest BCUT2D eigenvalue weighted by Gasteiger charge is 2.20. The first-order valence-corrected chi connectivity index (χ1v) is 9.76. The van der Waals surface area contributed by atoms with Gasteiger partial charge in [-0.3, -0.25) is 4.79 Å². The summed E-state index contributed by atoms with van der Waals surface area (Å²) in [5.41, 5.74) is 3.21. The Morgan fingerprint density at radius 2 is 1.79 bits per heavy atom. The lowest BCUT2D eigenvalue weighted by molar-refractivity contribution is 0.102. The molecule has 3 rings (SSSR count). The van der Waals surface area contributed by atoms with Gasteiger partial charge in [-0.2, -0.15) is 0 Å². The predicted octanol–water partition coefficient (Wildman–Crippen LogP) is 3.88. The van der Waals surface area contributed by atoms with Crippen LogP contribution in [0.3, 0.4) is 0 Å². The molecule has 28 heavy (non-hydrogen) atoms. The van der Waals surface area contributed by atoms with Gasteiger partial charge in [-0.25, -0.2) is 0 Å². The van der Waals surface area contributed by atoms with Gasteiger partial charge in [0.25, 0.3) is 5.91 Å². The van der Waals surface area contributed by atoms with E-state index in [1.807, 2.05) is 51.1 Å². The number of hydrogen-bond acceptors (Lipinski definition) is 5. The summed E-state index contributed by atoms with van der Waals surface area (Å²) in [6.07, 6.45) is 0. The number of nitrogens with zero attached hydrogens (tertiary/aromatic N) is 1. The van der Waals surface area contributed by atoms with Gasteiger partial charge in [-0.15, -0.1) is 0 Å². The molecule has 1 aliphatic heterocycles. The van der Waals surface area contributed by atoms with Crippen molar-refractivity contribution in [3.05, 3.63) is 47.5 Å². The third kappa shape index (κ3) is 4.75. The van der Waals surface area contributed by atoms with Crippen LogP contribution >= 0.6 is 0 Å². The highest BCUT2D eigenvalue weighted by molar-refractivity contribution is 6.05. The van der Waals surface area contributed by atoms with Crippen LogP contribution in [-0.4, -0.2) is 45.4 Å². The topological polar surface area (TPSA) is 60.0 Å². The number of benzene rings is 2. The van der Waals surface area contributed by atoms with Gasteiger partial charge in [0, 0.05) is 30.8 Å². The minimum Gasteiger partial charge on any atom is -0.492 e. The monoisotopic (exact) mass is 384 g/mol. The van der Waals surface area contributed by atoms with Crippen molar-refractivity contribution < 1.29 is 19.0 Å². The maximum atomic E-state index is 12.7. The zero-order chi connectivity index (χ0) is 19.9. The molecule has 1 N–H and O–H groups in total. The minimum absolute atomic E-state index is 0.175. The highest BCUT2D eigenvalue weighted by Crippen LogP contribution is 2.39. The molecule has 0 aromatic heterocycles. The molecule has 0 aliphatic carbocycles. The SMILES string of the molecule is CCOc1cc(N2CCOCC2)c(OCC)cc1NC(=O)c1cccc(C)c1. The number of amides is 1. The second-order valence-corrected chi connectivity index (χ2v) is 6.61. The molecule has 0 bridgehead atoms. The third-order valence-electron chi connectivity index (χ3n) is 4.54. The van der Waals surface area contributed by atoms with Crippen LogP contribution in [-0.2, 0) is 4.74 Å². The number of carbonyl (C=O) groups excluding carboxylic acids is 1. The van der Waals surface area contributed by atoms with E-state index in [2.05, 4.69) is 10.2 Å². The van der Waals surface area contributed by atoms with E-state index in [1.165, 1.54) is 0 Å². The number of anilines is 2. The summed E-state index contributed by atoms with van der Waals surface area (Å²) in [6, 6.07) is 11.3. The zero-order valence-electron chi connectivity index (χ0n) is 16.8. The van der Waals surface area contributed by atoms with Gasteiger partial charge in [0.1, 0.15) is 11.5 Å². The molecule has 2 aromatic rings. The van der Waals surface area contributed by atoms with Gasteiger partial charge >= 0.3 is 0 Å². The van der Waals surface area contributed by atoms with Crippen molar-refractivity contribution in [2.75, 3.05) is 49.7 Å². The zero-order valence-corrected chi connectivity index (χ0v) is 16.8. The maximum Gasteiger partial charge on any atom is 0.255 e. The summed E-state index contributed by atoms with van der Waals surface area (Å²) in [6.45, 7) is 9.83. The molecule has 150 valence electrons. The van der Waals surface area contributed by atoms with Crippen LogP contribution in [0, 0.1) is 6.92 Å². The Morgan fingerprint density at radius 1 is 1.07 bits per heavy atom.